The molecule has 2 saturated heterocycles. The van der Waals surface area contributed by atoms with E-state index < -0.39 is 52.7 Å². The second-order valence-electron chi connectivity index (χ2n) is 12.3. The quantitative estimate of drug-likeness (QED) is 0.255. The van der Waals surface area contributed by atoms with Crippen molar-refractivity contribution < 1.29 is 44.3 Å². The topological polar surface area (TPSA) is 26.8 Å². The molecule has 2 atom stereocenters. The minimum absolute atomic E-state index is 0.0270. The van der Waals surface area contributed by atoms with Crippen molar-refractivity contribution >= 4 is 11.6 Å². The van der Waals surface area contributed by atoms with E-state index in [0.29, 0.717) is 43.6 Å². The second-order valence-corrected chi connectivity index (χ2v) is 12.3. The van der Waals surface area contributed by atoms with Crippen molar-refractivity contribution in [2.24, 2.45) is 0 Å². The van der Waals surface area contributed by atoms with Crippen LogP contribution in [0.3, 0.4) is 0 Å². The summed E-state index contributed by atoms with van der Waals surface area (Å²) < 4.78 is 121. The van der Waals surface area contributed by atoms with Crippen molar-refractivity contribution in [1.82, 2.24) is 9.80 Å². The molecule has 3 aromatic carbocycles. The van der Waals surface area contributed by atoms with Gasteiger partial charge in [0.25, 0.3) is 5.91 Å². The van der Waals surface area contributed by atoms with E-state index in [-0.39, 0.29) is 25.1 Å². The first kappa shape index (κ1) is 34.6. The van der Waals surface area contributed by atoms with Gasteiger partial charge in [0.1, 0.15) is 0 Å². The van der Waals surface area contributed by atoms with Gasteiger partial charge in [-0.3, -0.25) is 9.69 Å². The Balaban J connectivity index is 1.40. The molecule has 47 heavy (non-hydrogen) atoms. The Morgan fingerprint density at radius 3 is 1.74 bits per heavy atom. The van der Waals surface area contributed by atoms with Crippen LogP contribution in [0.15, 0.2) is 60.7 Å². The molecule has 2 heterocycles. The first-order valence-corrected chi connectivity index (χ1v) is 15.2. The zero-order valence-corrected chi connectivity index (χ0v) is 25.7. The van der Waals surface area contributed by atoms with Gasteiger partial charge in [-0.1, -0.05) is 30.3 Å². The van der Waals surface area contributed by atoms with Crippen LogP contribution in [0.25, 0.3) is 0 Å². The number of halogens is 9. The fourth-order valence-electron chi connectivity index (χ4n) is 6.78. The van der Waals surface area contributed by atoms with Gasteiger partial charge in [-0.05, 0) is 80.1 Å². The minimum Gasteiger partial charge on any atom is -0.369 e. The number of piperazine rings is 1. The SMILES string of the molecule is Cc1cccc(C)c1N1CCN(C2CCN(C(=O)c3cc(C(F)(F)F)cc(C(F)(F)F)c3)C(Cc3ccc(C(F)(F)F)cc3)C2)CC1. The van der Waals surface area contributed by atoms with E-state index in [1.54, 1.807) is 0 Å². The zero-order chi connectivity index (χ0) is 34.3. The van der Waals surface area contributed by atoms with Crippen molar-refractivity contribution in [1.29, 1.82) is 0 Å². The number of likely N-dealkylation sites (tertiary alicyclic amines) is 1. The van der Waals surface area contributed by atoms with Gasteiger partial charge in [0, 0.05) is 56.1 Å². The van der Waals surface area contributed by atoms with Gasteiger partial charge < -0.3 is 9.80 Å². The third-order valence-corrected chi connectivity index (χ3v) is 9.12. The lowest BCUT2D eigenvalue weighted by molar-refractivity contribution is -0.143. The molecule has 2 fully saturated rings. The van der Waals surface area contributed by atoms with Crippen LogP contribution in [0, 0.1) is 13.8 Å². The van der Waals surface area contributed by atoms with E-state index in [1.165, 1.54) is 22.7 Å². The molecular formula is C34H34F9N3O. The summed E-state index contributed by atoms with van der Waals surface area (Å²) in [6.07, 6.45) is -13.9. The minimum atomic E-state index is -5.12. The number of benzene rings is 3. The van der Waals surface area contributed by atoms with Gasteiger partial charge in [-0.25, -0.2) is 0 Å². The molecule has 2 aliphatic rings. The van der Waals surface area contributed by atoms with Crippen LogP contribution in [0.1, 0.15) is 56.6 Å². The van der Waals surface area contributed by atoms with Crippen LogP contribution in [0.4, 0.5) is 45.2 Å². The fourth-order valence-corrected chi connectivity index (χ4v) is 6.78. The smallest absolute Gasteiger partial charge is 0.369 e. The third kappa shape index (κ3) is 7.88. The lowest BCUT2D eigenvalue weighted by atomic mass is 9.89. The predicted octanol–water partition coefficient (Wildman–Crippen LogP) is 8.40. The highest BCUT2D eigenvalue weighted by molar-refractivity contribution is 5.95. The largest absolute Gasteiger partial charge is 0.416 e. The average molecular weight is 672 g/mol. The summed E-state index contributed by atoms with van der Waals surface area (Å²) in [7, 11) is 0. The van der Waals surface area contributed by atoms with E-state index >= 15 is 0 Å². The van der Waals surface area contributed by atoms with Gasteiger partial charge in [0.05, 0.1) is 16.7 Å². The second kappa shape index (κ2) is 13.0. The molecule has 0 bridgehead atoms. The molecule has 4 nitrogen and oxygen atoms in total. The van der Waals surface area contributed by atoms with Gasteiger partial charge >= 0.3 is 18.5 Å². The summed E-state index contributed by atoms with van der Waals surface area (Å²) in [5.41, 5.74) is -0.840. The van der Waals surface area contributed by atoms with E-state index in [2.05, 4.69) is 35.8 Å². The molecule has 2 aliphatic heterocycles. The zero-order valence-electron chi connectivity index (χ0n) is 25.7. The van der Waals surface area contributed by atoms with Crippen LogP contribution in [0.2, 0.25) is 0 Å². The highest BCUT2D eigenvalue weighted by Gasteiger charge is 2.40. The monoisotopic (exact) mass is 671 g/mol. The predicted molar refractivity (Wildman–Crippen MR) is 159 cm³/mol. The molecule has 0 radical (unpaired) electrons. The normalized spacial score (nSPS) is 20.1. The van der Waals surface area contributed by atoms with Gasteiger partial charge in [0.2, 0.25) is 0 Å². The maximum atomic E-state index is 13.7. The Bertz CT molecular complexity index is 1520. The number of hydrogen-bond acceptors (Lipinski definition) is 3. The first-order chi connectivity index (χ1) is 21.9. The van der Waals surface area contributed by atoms with Gasteiger partial charge in [0.15, 0.2) is 0 Å². The van der Waals surface area contributed by atoms with Crippen LogP contribution in [-0.2, 0) is 24.9 Å². The maximum Gasteiger partial charge on any atom is 0.416 e. The van der Waals surface area contributed by atoms with E-state index in [1.807, 2.05) is 6.07 Å². The molecule has 0 saturated carbocycles. The number of carbonyl (C=O) groups is 1. The van der Waals surface area contributed by atoms with Crippen LogP contribution in [0.5, 0.6) is 0 Å². The number of aryl methyl sites for hydroxylation is 2. The summed E-state index contributed by atoms with van der Waals surface area (Å²) in [4.78, 5) is 19.6. The highest BCUT2D eigenvalue weighted by atomic mass is 19.4. The highest BCUT2D eigenvalue weighted by Crippen LogP contribution is 2.38. The molecule has 3 aromatic rings. The summed E-state index contributed by atoms with van der Waals surface area (Å²) in [5.74, 6) is -0.989. The van der Waals surface area contributed by atoms with Crippen molar-refractivity contribution in [3.63, 3.8) is 0 Å². The van der Waals surface area contributed by atoms with Crippen molar-refractivity contribution in [2.75, 3.05) is 37.6 Å². The molecule has 0 aliphatic carbocycles. The Morgan fingerprint density at radius 1 is 0.702 bits per heavy atom. The average Bonchev–Trinajstić information content (AvgIpc) is 3.00. The molecule has 0 N–H and O–H groups in total. The third-order valence-electron chi connectivity index (χ3n) is 9.12. The molecule has 2 unspecified atom stereocenters. The molecule has 13 heteroatoms. The molecule has 254 valence electrons. The molecule has 0 aromatic heterocycles. The maximum absolute atomic E-state index is 13.7. The Kier molecular flexibility index (Phi) is 9.60. The molecular weight excluding hydrogens is 637 g/mol. The van der Waals surface area contributed by atoms with Gasteiger partial charge in [-0.15, -0.1) is 0 Å². The molecule has 0 spiro atoms. The fraction of sp³-hybridized carbons (Fsp3) is 0.441. The van der Waals surface area contributed by atoms with Gasteiger partial charge in [-0.2, -0.15) is 39.5 Å². The lowest BCUT2D eigenvalue weighted by Crippen LogP contribution is -2.57. The number of para-hydroxylation sites is 1. The molecule has 1 amide bonds. The van der Waals surface area contributed by atoms with Crippen LogP contribution >= 0.6 is 0 Å². The lowest BCUT2D eigenvalue weighted by Gasteiger charge is -2.47. The van der Waals surface area contributed by atoms with Crippen molar-refractivity contribution in [3.05, 3.63) is 99.6 Å². The summed E-state index contributed by atoms with van der Waals surface area (Å²) >= 11 is 0. The number of anilines is 1. The number of nitrogens with zero attached hydrogens (tertiary/aromatic N) is 3. The standard InChI is InChI=1S/C34H34F9N3O/c1-21-4-3-5-22(2)30(21)45-14-12-44(13-15-45)28-10-11-46(29(20-28)16-23-6-8-25(9-7-23)32(35,36)37)31(47)24-17-26(33(38,39)40)19-27(18-24)34(41,42)43/h3-9,17-19,28-29H,10-16,20H2,1-2H3. The number of rotatable bonds is 5. The van der Waals surface area contributed by atoms with Crippen molar-refractivity contribution in [2.45, 2.75) is 63.7 Å². The Labute approximate surface area is 266 Å². The van der Waals surface area contributed by atoms with Crippen molar-refractivity contribution in [3.8, 4) is 0 Å². The summed E-state index contributed by atoms with van der Waals surface area (Å²) in [5, 5.41) is 0. The summed E-state index contributed by atoms with van der Waals surface area (Å²) in [6.45, 7) is 7.02. The number of carbonyl (C=O) groups excluding carboxylic acids is 1. The Morgan fingerprint density at radius 2 is 1.23 bits per heavy atom. The van der Waals surface area contributed by atoms with E-state index in [4.69, 9.17) is 0 Å². The number of alkyl halides is 9. The Hall–Kier alpha value is -3.74. The van der Waals surface area contributed by atoms with Crippen LogP contribution < -0.4 is 4.90 Å². The summed E-state index contributed by atoms with van der Waals surface area (Å²) in [6, 6.07) is 10.6. The first-order valence-electron chi connectivity index (χ1n) is 15.2. The van der Waals surface area contributed by atoms with E-state index in [9.17, 15) is 44.3 Å². The van der Waals surface area contributed by atoms with Crippen LogP contribution in [-0.4, -0.2) is 60.5 Å². The number of amides is 1. The number of hydrogen-bond donors (Lipinski definition) is 0. The molecule has 5 rings (SSSR count). The van der Waals surface area contributed by atoms with E-state index in [0.717, 1.165) is 36.3 Å². The number of piperidine rings is 1.